The maximum absolute atomic E-state index is 13.8. The minimum Gasteiger partial charge on any atom is -0.337 e. The smallest absolute Gasteiger partial charge is 0.276 e. The number of anilines is 3. The van der Waals surface area contributed by atoms with Gasteiger partial charge in [0.2, 0.25) is 0 Å². The highest BCUT2D eigenvalue weighted by Gasteiger charge is 2.18. The van der Waals surface area contributed by atoms with E-state index in [9.17, 15) is 9.18 Å². The van der Waals surface area contributed by atoms with E-state index in [4.69, 9.17) is 11.6 Å². The number of hydrogen-bond donors (Lipinski definition) is 2. The van der Waals surface area contributed by atoms with E-state index in [1.165, 1.54) is 23.0 Å². The first-order valence-corrected chi connectivity index (χ1v) is 8.54. The van der Waals surface area contributed by atoms with E-state index >= 15 is 0 Å². The number of aryl methyl sites for hydroxylation is 1. The van der Waals surface area contributed by atoms with Crippen molar-refractivity contribution in [2.24, 2.45) is 0 Å². The molecule has 0 unspecified atom stereocenters. The third kappa shape index (κ3) is 3.47. The molecule has 4 aromatic heterocycles. The average Bonchev–Trinajstić information content (AvgIpc) is 3.09. The molecule has 1 amide bonds. The molecule has 0 saturated heterocycles. The minimum absolute atomic E-state index is 0.000757. The van der Waals surface area contributed by atoms with Crippen LogP contribution < -0.4 is 10.6 Å². The van der Waals surface area contributed by atoms with Crippen LogP contribution in [0.3, 0.4) is 0 Å². The zero-order chi connectivity index (χ0) is 19.7. The Labute approximate surface area is 163 Å². The predicted molar refractivity (Wildman–Crippen MR) is 102 cm³/mol. The Hall–Kier alpha value is -3.59. The monoisotopic (exact) mass is 397 g/mol. The highest BCUT2D eigenvalue weighted by molar-refractivity contribution is 6.29. The van der Waals surface area contributed by atoms with Crippen molar-refractivity contribution in [2.75, 3.05) is 10.6 Å². The zero-order valence-corrected chi connectivity index (χ0v) is 15.3. The molecule has 4 heterocycles. The number of halogens is 2. The van der Waals surface area contributed by atoms with Gasteiger partial charge in [-0.2, -0.15) is 5.10 Å². The van der Waals surface area contributed by atoms with E-state index in [0.29, 0.717) is 17.2 Å². The summed E-state index contributed by atoms with van der Waals surface area (Å²) in [6.45, 7) is 1.93. The molecule has 2 N–H and O–H groups in total. The summed E-state index contributed by atoms with van der Waals surface area (Å²) in [4.78, 5) is 24.8. The van der Waals surface area contributed by atoms with E-state index in [1.54, 1.807) is 12.3 Å². The summed E-state index contributed by atoms with van der Waals surface area (Å²) in [5.41, 5.74) is 2.00. The lowest BCUT2D eigenvalue weighted by atomic mass is 10.3. The molecule has 4 rings (SSSR count). The van der Waals surface area contributed by atoms with Crippen LogP contribution >= 0.6 is 11.6 Å². The van der Waals surface area contributed by atoms with Crippen molar-refractivity contribution in [3.8, 4) is 0 Å². The molecule has 0 aliphatic heterocycles. The molecule has 8 nitrogen and oxygen atoms in total. The lowest BCUT2D eigenvalue weighted by molar-refractivity contribution is 0.102. The Morgan fingerprint density at radius 2 is 2.00 bits per heavy atom. The summed E-state index contributed by atoms with van der Waals surface area (Å²) in [7, 11) is 0. The van der Waals surface area contributed by atoms with Gasteiger partial charge in [-0.1, -0.05) is 17.7 Å². The van der Waals surface area contributed by atoms with Gasteiger partial charge in [0, 0.05) is 18.5 Å². The average molecular weight is 398 g/mol. The number of pyridine rings is 2. The highest BCUT2D eigenvalue weighted by atomic mass is 35.5. The van der Waals surface area contributed by atoms with Crippen molar-refractivity contribution >= 4 is 40.3 Å². The maximum atomic E-state index is 13.8. The SMILES string of the molecule is Cc1ccc(Nc2cc(Cl)nn3c(C(=O)Nc4ccncc4F)cnc23)nc1. The predicted octanol–water partition coefficient (Wildman–Crippen LogP) is 3.62. The van der Waals surface area contributed by atoms with Crippen LogP contribution in [0.5, 0.6) is 0 Å². The van der Waals surface area contributed by atoms with E-state index in [0.717, 1.165) is 11.8 Å². The van der Waals surface area contributed by atoms with Crippen LogP contribution in [0.1, 0.15) is 16.1 Å². The quantitative estimate of drug-likeness (QED) is 0.546. The summed E-state index contributed by atoms with van der Waals surface area (Å²) < 4.78 is 15.0. The summed E-state index contributed by atoms with van der Waals surface area (Å²) in [5, 5.41) is 9.85. The Morgan fingerprint density at radius 1 is 1.14 bits per heavy atom. The van der Waals surface area contributed by atoms with Crippen LogP contribution in [0.2, 0.25) is 5.15 Å². The Morgan fingerprint density at radius 3 is 2.75 bits per heavy atom. The number of carbonyl (C=O) groups is 1. The number of aromatic nitrogens is 5. The van der Waals surface area contributed by atoms with Gasteiger partial charge in [-0.3, -0.25) is 9.78 Å². The van der Waals surface area contributed by atoms with Crippen molar-refractivity contribution in [1.82, 2.24) is 24.6 Å². The van der Waals surface area contributed by atoms with E-state index < -0.39 is 11.7 Å². The Bertz CT molecular complexity index is 1180. The number of rotatable bonds is 4. The van der Waals surface area contributed by atoms with Gasteiger partial charge in [-0.25, -0.2) is 18.9 Å². The van der Waals surface area contributed by atoms with Crippen molar-refractivity contribution in [1.29, 1.82) is 0 Å². The second kappa shape index (κ2) is 7.20. The molecule has 140 valence electrons. The Kier molecular flexibility index (Phi) is 4.58. The third-order valence-electron chi connectivity index (χ3n) is 3.87. The van der Waals surface area contributed by atoms with Crippen molar-refractivity contribution in [2.45, 2.75) is 6.92 Å². The van der Waals surface area contributed by atoms with Crippen molar-refractivity contribution in [3.63, 3.8) is 0 Å². The van der Waals surface area contributed by atoms with Crippen LogP contribution in [0, 0.1) is 12.7 Å². The molecule has 0 bridgehead atoms. The molecular formula is C18H13ClFN7O. The fraction of sp³-hybridized carbons (Fsp3) is 0.0556. The normalized spacial score (nSPS) is 10.8. The van der Waals surface area contributed by atoms with Gasteiger partial charge in [0.25, 0.3) is 5.91 Å². The largest absolute Gasteiger partial charge is 0.337 e. The number of carbonyl (C=O) groups excluding carboxylic acids is 1. The number of nitrogens with one attached hydrogen (secondary N) is 2. The molecular weight excluding hydrogens is 385 g/mol. The minimum atomic E-state index is -0.650. The van der Waals surface area contributed by atoms with Crippen LogP contribution in [-0.2, 0) is 0 Å². The Balaban J connectivity index is 1.69. The van der Waals surface area contributed by atoms with Crippen molar-refractivity contribution < 1.29 is 9.18 Å². The molecule has 0 spiro atoms. The van der Waals surface area contributed by atoms with Gasteiger partial charge in [0.1, 0.15) is 5.82 Å². The molecule has 0 atom stereocenters. The summed E-state index contributed by atoms with van der Waals surface area (Å²) in [6.07, 6.45) is 5.44. The second-order valence-electron chi connectivity index (χ2n) is 5.92. The highest BCUT2D eigenvalue weighted by Crippen LogP contribution is 2.24. The van der Waals surface area contributed by atoms with Gasteiger partial charge in [-0.15, -0.1) is 0 Å². The van der Waals surface area contributed by atoms with Crippen LogP contribution in [0.25, 0.3) is 5.65 Å². The molecule has 0 radical (unpaired) electrons. The standard InChI is InChI=1S/C18H13ClFN7O/c1-10-2-3-16(22-7-10)24-13-6-15(19)26-27-14(9-23-17(13)27)18(28)25-12-4-5-21-8-11(12)20/h2-9H,1H3,(H,22,24)(H,21,25,28). The van der Waals surface area contributed by atoms with E-state index in [2.05, 4.69) is 30.7 Å². The first kappa shape index (κ1) is 17.8. The van der Waals surface area contributed by atoms with Crippen molar-refractivity contribution in [3.05, 3.63) is 71.3 Å². The molecule has 0 fully saturated rings. The maximum Gasteiger partial charge on any atom is 0.276 e. The number of nitrogens with zero attached hydrogens (tertiary/aromatic N) is 5. The van der Waals surface area contributed by atoms with Crippen LogP contribution in [0.15, 0.2) is 49.1 Å². The molecule has 0 saturated carbocycles. The lowest BCUT2D eigenvalue weighted by Gasteiger charge is -2.09. The lowest BCUT2D eigenvalue weighted by Crippen LogP contribution is -2.16. The molecule has 10 heteroatoms. The summed E-state index contributed by atoms with van der Waals surface area (Å²) >= 11 is 6.11. The van der Waals surface area contributed by atoms with Gasteiger partial charge in [0.15, 0.2) is 22.3 Å². The first-order chi connectivity index (χ1) is 13.5. The van der Waals surface area contributed by atoms with Crippen LogP contribution in [0.4, 0.5) is 21.6 Å². The summed E-state index contributed by atoms with van der Waals surface area (Å²) in [5.74, 6) is -0.655. The third-order valence-corrected chi connectivity index (χ3v) is 4.05. The van der Waals surface area contributed by atoms with Gasteiger partial charge in [0.05, 0.1) is 23.8 Å². The zero-order valence-electron chi connectivity index (χ0n) is 14.5. The fourth-order valence-electron chi connectivity index (χ4n) is 2.53. The number of hydrogen-bond acceptors (Lipinski definition) is 6. The summed E-state index contributed by atoms with van der Waals surface area (Å²) in [6, 6.07) is 6.65. The molecule has 28 heavy (non-hydrogen) atoms. The topological polar surface area (TPSA) is 97.1 Å². The number of fused-ring (bicyclic) bond motifs is 1. The fourth-order valence-corrected chi connectivity index (χ4v) is 2.71. The molecule has 0 aliphatic carbocycles. The second-order valence-corrected chi connectivity index (χ2v) is 6.30. The van der Waals surface area contributed by atoms with Crippen LogP contribution in [-0.4, -0.2) is 30.5 Å². The number of imidazole rings is 1. The van der Waals surface area contributed by atoms with Gasteiger partial charge in [-0.05, 0) is 24.6 Å². The number of amides is 1. The molecule has 0 aliphatic rings. The molecule has 4 aromatic rings. The first-order valence-electron chi connectivity index (χ1n) is 8.16. The van der Waals surface area contributed by atoms with E-state index in [-0.39, 0.29) is 16.5 Å². The molecule has 0 aromatic carbocycles. The van der Waals surface area contributed by atoms with Gasteiger partial charge >= 0.3 is 0 Å². The van der Waals surface area contributed by atoms with Gasteiger partial charge < -0.3 is 10.6 Å². The van der Waals surface area contributed by atoms with E-state index in [1.807, 2.05) is 19.1 Å².